The van der Waals surface area contributed by atoms with Gasteiger partial charge in [0.1, 0.15) is 11.5 Å². The van der Waals surface area contributed by atoms with Crippen LogP contribution in [0.15, 0.2) is 62.7 Å². The molecule has 0 radical (unpaired) electrons. The van der Waals surface area contributed by atoms with Gasteiger partial charge >= 0.3 is 0 Å². The number of rotatable bonds is 4. The molecule has 0 saturated heterocycles. The first kappa shape index (κ1) is 15.3. The molecule has 0 fully saturated rings. The number of nitrogens with zero attached hydrogens (tertiary/aromatic N) is 1. The number of fused-ring (bicyclic) bond motifs is 1. The van der Waals surface area contributed by atoms with E-state index in [2.05, 4.69) is 26.5 Å². The first-order valence-electron chi connectivity index (χ1n) is 6.83. The molecule has 0 aliphatic rings. The van der Waals surface area contributed by atoms with Crippen molar-refractivity contribution in [1.82, 2.24) is 5.43 Å². The van der Waals surface area contributed by atoms with Gasteiger partial charge in [0.25, 0.3) is 5.91 Å². The van der Waals surface area contributed by atoms with Crippen LogP contribution < -0.4 is 10.2 Å². The van der Waals surface area contributed by atoms with Gasteiger partial charge in [-0.05, 0) is 51.0 Å². The Kier molecular flexibility index (Phi) is 4.43. The number of halogens is 1. The molecular weight excluding hydrogens is 360 g/mol. The van der Waals surface area contributed by atoms with Crippen LogP contribution in [0.3, 0.4) is 0 Å². The summed E-state index contributed by atoms with van der Waals surface area (Å²) in [6.07, 6.45) is 1.43. The predicted octanol–water partition coefficient (Wildman–Crippen LogP) is 3.97. The third-order valence-electron chi connectivity index (χ3n) is 3.26. The molecule has 2 aromatic carbocycles. The fourth-order valence-electron chi connectivity index (χ4n) is 2.18. The van der Waals surface area contributed by atoms with Crippen molar-refractivity contribution in [3.05, 3.63) is 64.5 Å². The summed E-state index contributed by atoms with van der Waals surface area (Å²) in [6.45, 7) is 0. The largest absolute Gasteiger partial charge is 0.496 e. The number of carbonyl (C=O) groups is 1. The van der Waals surface area contributed by atoms with Gasteiger partial charge in [-0.15, -0.1) is 0 Å². The van der Waals surface area contributed by atoms with E-state index in [1.54, 1.807) is 18.2 Å². The van der Waals surface area contributed by atoms with Gasteiger partial charge in [0.2, 0.25) is 0 Å². The number of furan rings is 1. The smallest absolute Gasteiger partial charge is 0.275 e. The van der Waals surface area contributed by atoms with Gasteiger partial charge in [0, 0.05) is 0 Å². The Morgan fingerprint density at radius 3 is 2.61 bits per heavy atom. The van der Waals surface area contributed by atoms with Crippen molar-refractivity contribution < 1.29 is 13.9 Å². The Bertz CT molecular complexity index is 886. The van der Waals surface area contributed by atoms with Crippen molar-refractivity contribution in [1.29, 1.82) is 0 Å². The van der Waals surface area contributed by atoms with Crippen molar-refractivity contribution in [2.75, 3.05) is 7.11 Å². The molecule has 1 N–H and O–H groups in total. The van der Waals surface area contributed by atoms with E-state index in [9.17, 15) is 4.79 Å². The number of ether oxygens (including phenoxy) is 1. The molecule has 1 amide bonds. The molecule has 3 aromatic rings. The summed E-state index contributed by atoms with van der Waals surface area (Å²) in [6, 6.07) is 14.9. The highest BCUT2D eigenvalue weighted by Gasteiger charge is 2.13. The number of benzene rings is 2. The van der Waals surface area contributed by atoms with Gasteiger partial charge in [-0.3, -0.25) is 4.79 Å². The number of nitrogens with one attached hydrogen (secondary N) is 1. The first-order valence-corrected chi connectivity index (χ1v) is 7.62. The highest BCUT2D eigenvalue weighted by atomic mass is 79.9. The third-order valence-corrected chi connectivity index (χ3v) is 3.69. The highest BCUT2D eigenvalue weighted by Crippen LogP contribution is 2.25. The molecule has 0 spiro atoms. The van der Waals surface area contributed by atoms with Gasteiger partial charge in [-0.2, -0.15) is 5.10 Å². The predicted molar refractivity (Wildman–Crippen MR) is 92.0 cm³/mol. The maximum absolute atomic E-state index is 12.3. The van der Waals surface area contributed by atoms with E-state index in [-0.39, 0.29) is 5.91 Å². The number of hydrazone groups is 1. The van der Waals surface area contributed by atoms with E-state index in [1.165, 1.54) is 13.3 Å². The molecule has 0 unspecified atom stereocenters. The Hall–Kier alpha value is -2.60. The number of amides is 1. The zero-order valence-electron chi connectivity index (χ0n) is 12.2. The molecule has 6 heteroatoms. The zero-order valence-corrected chi connectivity index (χ0v) is 13.8. The van der Waals surface area contributed by atoms with Crippen molar-refractivity contribution in [3.8, 4) is 5.75 Å². The molecule has 0 aliphatic heterocycles. The van der Waals surface area contributed by atoms with E-state index < -0.39 is 0 Å². The molecular formula is C17H13BrN2O3. The molecule has 116 valence electrons. The molecule has 0 saturated carbocycles. The lowest BCUT2D eigenvalue weighted by Gasteiger charge is -2.09. The van der Waals surface area contributed by atoms with Crippen LogP contribution in [-0.2, 0) is 0 Å². The number of methoxy groups -OCH3 is 1. The monoisotopic (exact) mass is 372 g/mol. The van der Waals surface area contributed by atoms with Crippen molar-refractivity contribution in [2.24, 2.45) is 5.10 Å². The summed E-state index contributed by atoms with van der Waals surface area (Å²) in [4.78, 5) is 12.3. The average molecular weight is 373 g/mol. The SMILES string of the molecule is COc1cc2ccccc2cc1C(=O)N/N=C\c1ccc(Br)o1. The molecule has 0 aliphatic carbocycles. The summed E-state index contributed by atoms with van der Waals surface area (Å²) in [5, 5.41) is 5.85. The fraction of sp³-hybridized carbons (Fsp3) is 0.0588. The van der Waals surface area contributed by atoms with Gasteiger partial charge in [-0.1, -0.05) is 24.3 Å². The van der Waals surface area contributed by atoms with E-state index in [0.29, 0.717) is 21.7 Å². The maximum atomic E-state index is 12.3. The number of hydrogen-bond acceptors (Lipinski definition) is 4. The van der Waals surface area contributed by atoms with Crippen LogP contribution in [0.25, 0.3) is 10.8 Å². The second kappa shape index (κ2) is 6.66. The fourth-order valence-corrected chi connectivity index (χ4v) is 2.50. The number of hydrogen-bond donors (Lipinski definition) is 1. The molecule has 23 heavy (non-hydrogen) atoms. The topological polar surface area (TPSA) is 63.8 Å². The normalized spacial score (nSPS) is 11.0. The van der Waals surface area contributed by atoms with Crippen LogP contribution in [0, 0.1) is 0 Å². The van der Waals surface area contributed by atoms with E-state index in [1.807, 2.05) is 30.3 Å². The second-order valence-corrected chi connectivity index (χ2v) is 5.52. The molecule has 1 aromatic heterocycles. The quantitative estimate of drug-likeness (QED) is 0.556. The lowest BCUT2D eigenvalue weighted by Crippen LogP contribution is -2.18. The Labute approximate surface area is 141 Å². The summed E-state index contributed by atoms with van der Waals surface area (Å²) >= 11 is 3.20. The summed E-state index contributed by atoms with van der Waals surface area (Å²) in [5.41, 5.74) is 2.89. The minimum absolute atomic E-state index is 0.352. The van der Waals surface area contributed by atoms with Crippen LogP contribution >= 0.6 is 15.9 Å². The minimum atomic E-state index is -0.352. The van der Waals surface area contributed by atoms with E-state index >= 15 is 0 Å². The van der Waals surface area contributed by atoms with Crippen LogP contribution in [-0.4, -0.2) is 19.2 Å². The molecule has 5 nitrogen and oxygen atoms in total. The van der Waals surface area contributed by atoms with Crippen LogP contribution in [0.2, 0.25) is 0 Å². The molecule has 0 bridgehead atoms. The van der Waals surface area contributed by atoms with Crippen molar-refractivity contribution in [3.63, 3.8) is 0 Å². The van der Waals surface area contributed by atoms with E-state index in [4.69, 9.17) is 9.15 Å². The average Bonchev–Trinajstić information content (AvgIpc) is 2.98. The maximum Gasteiger partial charge on any atom is 0.275 e. The minimum Gasteiger partial charge on any atom is -0.496 e. The molecule has 3 rings (SSSR count). The third kappa shape index (κ3) is 3.43. The van der Waals surface area contributed by atoms with Crippen LogP contribution in [0.5, 0.6) is 5.75 Å². The number of carbonyl (C=O) groups excluding carboxylic acids is 1. The van der Waals surface area contributed by atoms with Crippen molar-refractivity contribution >= 4 is 38.8 Å². The summed E-state index contributed by atoms with van der Waals surface area (Å²) in [5.74, 6) is 0.675. The van der Waals surface area contributed by atoms with E-state index in [0.717, 1.165) is 10.8 Å². The van der Waals surface area contributed by atoms with Crippen LogP contribution in [0.1, 0.15) is 16.1 Å². The lowest BCUT2D eigenvalue weighted by atomic mass is 10.1. The zero-order chi connectivity index (χ0) is 16.2. The molecule has 0 atom stereocenters. The second-order valence-electron chi connectivity index (χ2n) is 4.74. The summed E-state index contributed by atoms with van der Waals surface area (Å²) in [7, 11) is 1.53. The first-order chi connectivity index (χ1) is 11.2. The van der Waals surface area contributed by atoms with Gasteiger partial charge in [0.15, 0.2) is 4.67 Å². The highest BCUT2D eigenvalue weighted by molar-refractivity contribution is 9.10. The van der Waals surface area contributed by atoms with Gasteiger partial charge < -0.3 is 9.15 Å². The Balaban J connectivity index is 1.83. The standard InChI is InChI=1S/C17H13BrN2O3/c1-22-15-9-12-5-3-2-4-11(12)8-14(15)17(21)20-19-10-13-6-7-16(18)23-13/h2-10H,1H3,(H,20,21)/b19-10-. The molecule has 1 heterocycles. The summed E-state index contributed by atoms with van der Waals surface area (Å²) < 4.78 is 11.2. The van der Waals surface area contributed by atoms with Gasteiger partial charge in [0.05, 0.1) is 18.9 Å². The van der Waals surface area contributed by atoms with Gasteiger partial charge in [-0.25, -0.2) is 5.43 Å². The van der Waals surface area contributed by atoms with Crippen LogP contribution in [0.4, 0.5) is 0 Å². The Morgan fingerprint density at radius 1 is 1.22 bits per heavy atom. The Morgan fingerprint density at radius 2 is 1.96 bits per heavy atom. The van der Waals surface area contributed by atoms with Crippen molar-refractivity contribution in [2.45, 2.75) is 0 Å². The lowest BCUT2D eigenvalue weighted by molar-refractivity contribution is 0.0952.